The molecule has 0 radical (unpaired) electrons. The summed E-state index contributed by atoms with van der Waals surface area (Å²) in [5, 5.41) is 8.58. The lowest BCUT2D eigenvalue weighted by atomic mass is 10.2. The Morgan fingerprint density at radius 1 is 1.40 bits per heavy atom. The van der Waals surface area contributed by atoms with E-state index < -0.39 is 0 Å². The average molecular weight is 297 g/mol. The Labute approximate surface area is 122 Å². The number of hydrogen-bond donors (Lipinski definition) is 3. The zero-order chi connectivity index (χ0) is 14.5. The second-order valence-electron chi connectivity index (χ2n) is 4.62. The minimum atomic E-state index is -0.348. The average Bonchev–Trinajstić information content (AvgIpc) is 3.19. The zero-order valence-electron chi connectivity index (χ0n) is 11.2. The molecule has 1 aromatic rings. The first-order valence-electron chi connectivity index (χ1n) is 6.57. The van der Waals surface area contributed by atoms with Crippen molar-refractivity contribution in [2.75, 3.05) is 18.4 Å². The van der Waals surface area contributed by atoms with Crippen LogP contribution in [0, 0.1) is 0 Å². The number of halogens is 1. The quantitative estimate of drug-likeness (QED) is 0.688. The third kappa shape index (κ3) is 4.38. The molecule has 0 spiro atoms. The number of carbonyl (C=O) groups excluding carboxylic acids is 2. The van der Waals surface area contributed by atoms with Gasteiger partial charge in [-0.15, -0.1) is 0 Å². The molecule has 6 nitrogen and oxygen atoms in total. The minimum absolute atomic E-state index is 0.0359. The van der Waals surface area contributed by atoms with Crippen molar-refractivity contribution in [2.24, 2.45) is 0 Å². The third-order valence-electron chi connectivity index (χ3n) is 2.77. The first-order chi connectivity index (χ1) is 9.58. The van der Waals surface area contributed by atoms with Gasteiger partial charge in [-0.3, -0.25) is 9.59 Å². The Morgan fingerprint density at radius 2 is 2.15 bits per heavy atom. The summed E-state index contributed by atoms with van der Waals surface area (Å²) in [7, 11) is 0. The normalized spacial score (nSPS) is 13.7. The molecule has 20 heavy (non-hydrogen) atoms. The van der Waals surface area contributed by atoms with Gasteiger partial charge in [-0.1, -0.05) is 11.6 Å². The van der Waals surface area contributed by atoms with Crippen molar-refractivity contribution in [2.45, 2.75) is 25.8 Å². The van der Waals surface area contributed by atoms with E-state index in [9.17, 15) is 9.59 Å². The fourth-order valence-corrected chi connectivity index (χ4v) is 1.88. The van der Waals surface area contributed by atoms with Crippen molar-refractivity contribution in [3.8, 4) is 0 Å². The first-order valence-corrected chi connectivity index (χ1v) is 6.95. The van der Waals surface area contributed by atoms with Gasteiger partial charge >= 0.3 is 0 Å². The summed E-state index contributed by atoms with van der Waals surface area (Å²) in [5.74, 6) is 0.0138. The smallest absolute Gasteiger partial charge is 0.251 e. The van der Waals surface area contributed by atoms with E-state index in [0.29, 0.717) is 17.9 Å². The van der Waals surface area contributed by atoms with E-state index in [1.165, 1.54) is 6.07 Å². The Balaban J connectivity index is 1.91. The molecule has 0 atom stereocenters. The number of pyridine rings is 1. The highest BCUT2D eigenvalue weighted by molar-refractivity contribution is 6.29. The maximum atomic E-state index is 12.0. The van der Waals surface area contributed by atoms with Crippen LogP contribution in [-0.2, 0) is 4.79 Å². The summed E-state index contributed by atoms with van der Waals surface area (Å²) in [5.41, 5.74) is 0.375. The van der Waals surface area contributed by atoms with E-state index in [-0.39, 0.29) is 29.6 Å². The Morgan fingerprint density at radius 3 is 2.80 bits per heavy atom. The summed E-state index contributed by atoms with van der Waals surface area (Å²) < 4.78 is 0. The van der Waals surface area contributed by atoms with Crippen molar-refractivity contribution in [3.05, 3.63) is 22.8 Å². The highest BCUT2D eigenvalue weighted by Gasteiger charge is 2.23. The fourth-order valence-electron chi connectivity index (χ4n) is 1.67. The topological polar surface area (TPSA) is 83.1 Å². The molecule has 2 rings (SSSR count). The highest BCUT2D eigenvalue weighted by Crippen LogP contribution is 2.18. The van der Waals surface area contributed by atoms with Gasteiger partial charge in [0.05, 0.1) is 6.54 Å². The zero-order valence-corrected chi connectivity index (χ0v) is 12.0. The van der Waals surface area contributed by atoms with Crippen LogP contribution in [0.1, 0.15) is 30.1 Å². The van der Waals surface area contributed by atoms with Gasteiger partial charge in [-0.2, -0.15) is 0 Å². The number of hydrogen-bond acceptors (Lipinski definition) is 4. The summed E-state index contributed by atoms with van der Waals surface area (Å²) in [4.78, 5) is 27.5. The molecule has 0 aromatic carbocycles. The summed E-state index contributed by atoms with van der Waals surface area (Å²) >= 11 is 5.86. The van der Waals surface area contributed by atoms with Crippen molar-refractivity contribution >= 4 is 29.2 Å². The molecule has 7 heteroatoms. The maximum absolute atomic E-state index is 12.0. The van der Waals surface area contributed by atoms with Crippen LogP contribution in [0.3, 0.4) is 0 Å². The van der Waals surface area contributed by atoms with Crippen molar-refractivity contribution < 1.29 is 9.59 Å². The predicted molar refractivity (Wildman–Crippen MR) is 76.9 cm³/mol. The SMILES string of the molecule is CCNc1cc(C(=O)NCC(=O)NC2CC2)cc(Cl)n1. The van der Waals surface area contributed by atoms with Crippen LogP contribution in [0.5, 0.6) is 0 Å². The molecule has 1 aromatic heterocycles. The van der Waals surface area contributed by atoms with E-state index in [1.54, 1.807) is 6.07 Å². The molecule has 1 heterocycles. The third-order valence-corrected chi connectivity index (χ3v) is 2.96. The number of aromatic nitrogens is 1. The largest absolute Gasteiger partial charge is 0.370 e. The van der Waals surface area contributed by atoms with Gasteiger partial charge in [-0.05, 0) is 31.9 Å². The molecule has 3 N–H and O–H groups in total. The van der Waals surface area contributed by atoms with Crippen molar-refractivity contribution in [1.29, 1.82) is 0 Å². The molecule has 1 aliphatic carbocycles. The van der Waals surface area contributed by atoms with E-state index in [4.69, 9.17) is 11.6 Å². The van der Waals surface area contributed by atoms with Gasteiger partial charge in [0.15, 0.2) is 0 Å². The summed E-state index contributed by atoms with van der Waals surface area (Å²) in [6.45, 7) is 2.56. The Hall–Kier alpha value is -1.82. The second-order valence-corrected chi connectivity index (χ2v) is 5.01. The minimum Gasteiger partial charge on any atom is -0.370 e. The number of rotatable bonds is 6. The molecular weight excluding hydrogens is 280 g/mol. The lowest BCUT2D eigenvalue weighted by Gasteiger charge is -2.08. The molecular formula is C13H17ClN4O2. The molecule has 1 fully saturated rings. The lowest BCUT2D eigenvalue weighted by molar-refractivity contribution is -0.120. The summed E-state index contributed by atoms with van der Waals surface area (Å²) in [6, 6.07) is 3.36. The molecule has 0 aliphatic heterocycles. The number of nitrogens with zero attached hydrogens (tertiary/aromatic N) is 1. The van der Waals surface area contributed by atoms with Crippen molar-refractivity contribution in [1.82, 2.24) is 15.6 Å². The van der Waals surface area contributed by atoms with Crippen molar-refractivity contribution in [3.63, 3.8) is 0 Å². The summed E-state index contributed by atoms with van der Waals surface area (Å²) in [6.07, 6.45) is 2.04. The van der Waals surface area contributed by atoms with Gasteiger partial charge in [0, 0.05) is 18.2 Å². The molecule has 2 amide bonds. The molecule has 108 valence electrons. The van der Waals surface area contributed by atoms with E-state index in [1.807, 2.05) is 6.92 Å². The van der Waals surface area contributed by atoms with Gasteiger partial charge < -0.3 is 16.0 Å². The monoisotopic (exact) mass is 296 g/mol. The lowest BCUT2D eigenvalue weighted by Crippen LogP contribution is -2.37. The number of carbonyl (C=O) groups is 2. The number of amides is 2. The van der Waals surface area contributed by atoms with Gasteiger partial charge in [0.2, 0.25) is 5.91 Å². The van der Waals surface area contributed by atoms with Crippen LogP contribution in [0.25, 0.3) is 0 Å². The second kappa shape index (κ2) is 6.56. The van der Waals surface area contributed by atoms with Crippen LogP contribution < -0.4 is 16.0 Å². The molecule has 0 unspecified atom stereocenters. The Kier molecular flexibility index (Phi) is 4.79. The highest BCUT2D eigenvalue weighted by atomic mass is 35.5. The molecule has 1 aliphatic rings. The van der Waals surface area contributed by atoms with Gasteiger partial charge in [-0.25, -0.2) is 4.98 Å². The van der Waals surface area contributed by atoms with Crippen LogP contribution in [0.4, 0.5) is 5.82 Å². The van der Waals surface area contributed by atoms with Gasteiger partial charge in [0.1, 0.15) is 11.0 Å². The number of anilines is 1. The van der Waals surface area contributed by atoms with Crippen LogP contribution >= 0.6 is 11.6 Å². The van der Waals surface area contributed by atoms with Crippen LogP contribution in [-0.4, -0.2) is 35.9 Å². The first kappa shape index (κ1) is 14.6. The maximum Gasteiger partial charge on any atom is 0.251 e. The van der Waals surface area contributed by atoms with E-state index in [0.717, 1.165) is 12.8 Å². The molecule has 1 saturated carbocycles. The standard InChI is InChI=1S/C13H17ClN4O2/c1-2-15-11-6-8(5-10(14)18-11)13(20)16-7-12(19)17-9-3-4-9/h5-6,9H,2-4,7H2,1H3,(H,15,18)(H,16,20)(H,17,19). The van der Waals surface area contributed by atoms with Gasteiger partial charge in [0.25, 0.3) is 5.91 Å². The van der Waals surface area contributed by atoms with E-state index >= 15 is 0 Å². The van der Waals surface area contributed by atoms with Crippen LogP contribution in [0.2, 0.25) is 5.15 Å². The molecule has 0 bridgehead atoms. The predicted octanol–water partition coefficient (Wildman–Crippen LogP) is 1.18. The number of nitrogens with one attached hydrogen (secondary N) is 3. The Bertz CT molecular complexity index is 517. The fraction of sp³-hybridized carbons (Fsp3) is 0.462. The van der Waals surface area contributed by atoms with E-state index in [2.05, 4.69) is 20.9 Å². The van der Waals surface area contributed by atoms with Crippen LogP contribution in [0.15, 0.2) is 12.1 Å². The molecule has 0 saturated heterocycles.